The van der Waals surface area contributed by atoms with Gasteiger partial charge >= 0.3 is 0 Å². The Bertz CT molecular complexity index is 38.8. The van der Waals surface area contributed by atoms with Crippen molar-refractivity contribution in [3.05, 3.63) is 0 Å². The first-order valence-electron chi connectivity index (χ1n) is 2.86. The fraction of sp³-hybridized carbons (Fsp3) is 1.00. The van der Waals surface area contributed by atoms with E-state index in [1.807, 2.05) is 0 Å². The van der Waals surface area contributed by atoms with Gasteiger partial charge in [0.25, 0.3) is 0 Å². The van der Waals surface area contributed by atoms with Crippen LogP contribution in [0.1, 0.15) is 20.8 Å². The highest BCUT2D eigenvalue weighted by atomic mass is 16.3. The van der Waals surface area contributed by atoms with Crippen LogP contribution in [0.4, 0.5) is 0 Å². The molecule has 0 aromatic carbocycles. The van der Waals surface area contributed by atoms with E-state index in [9.17, 15) is 0 Å². The summed E-state index contributed by atoms with van der Waals surface area (Å²) in [7, 11) is 0. The quantitative estimate of drug-likeness (QED) is 0.466. The molecule has 0 aliphatic heterocycles. The maximum absolute atomic E-state index is 8.52. The highest BCUT2D eigenvalue weighted by Crippen LogP contribution is 1.93. The molecule has 0 saturated heterocycles. The Kier molecular flexibility index (Phi) is 7.77. The van der Waals surface area contributed by atoms with Crippen LogP contribution in [0.5, 0.6) is 0 Å². The van der Waals surface area contributed by atoms with Crippen molar-refractivity contribution in [2.45, 2.75) is 26.4 Å². The van der Waals surface area contributed by atoms with Crippen LogP contribution in [0.3, 0.4) is 0 Å². The van der Waals surface area contributed by atoms with Gasteiger partial charge in [-0.1, -0.05) is 0 Å². The van der Waals surface area contributed by atoms with E-state index >= 15 is 0 Å². The molecule has 0 aliphatic rings. The van der Waals surface area contributed by atoms with Gasteiger partial charge < -0.3 is 15.3 Å². The molecule has 0 aromatic heterocycles. The Balaban J connectivity index is 0. The molecule has 0 rings (SSSR count). The largest absolute Gasteiger partial charge is 0.394 e. The van der Waals surface area contributed by atoms with Crippen molar-refractivity contribution >= 4 is 0 Å². The molecule has 0 heterocycles. The Hall–Kier alpha value is -0.120. The maximum Gasteiger partial charge on any atom is 0.0662 e. The standard InChI is InChI=1S/C4H10O.C2H6O2/c1-4(2,3)5;3-1-2-4/h5H,1-3H3;3-4H,1-2H2. The lowest BCUT2D eigenvalue weighted by atomic mass is 10.2. The second-order valence-corrected chi connectivity index (χ2v) is 2.62. The number of hydrogen-bond acceptors (Lipinski definition) is 3. The first-order chi connectivity index (χ1) is 3.91. The summed E-state index contributed by atoms with van der Waals surface area (Å²) in [5.41, 5.74) is -0.500. The molecular weight excluding hydrogens is 120 g/mol. The van der Waals surface area contributed by atoms with Gasteiger partial charge in [0.15, 0.2) is 0 Å². The summed E-state index contributed by atoms with van der Waals surface area (Å²) in [5.74, 6) is 0. The molecule has 3 N–H and O–H groups in total. The predicted octanol–water partition coefficient (Wildman–Crippen LogP) is -0.252. The third-order valence-electron chi connectivity index (χ3n) is 0.1000. The topological polar surface area (TPSA) is 60.7 Å². The molecule has 58 valence electrons. The SMILES string of the molecule is CC(C)(C)O.OCCO. The van der Waals surface area contributed by atoms with E-state index in [0.29, 0.717) is 0 Å². The van der Waals surface area contributed by atoms with Crippen LogP contribution in [0.15, 0.2) is 0 Å². The second-order valence-electron chi connectivity index (χ2n) is 2.62. The van der Waals surface area contributed by atoms with Crippen molar-refractivity contribution in [1.29, 1.82) is 0 Å². The van der Waals surface area contributed by atoms with E-state index < -0.39 is 5.60 Å². The average molecular weight is 136 g/mol. The molecule has 0 unspecified atom stereocenters. The van der Waals surface area contributed by atoms with Gasteiger partial charge in [-0.2, -0.15) is 0 Å². The molecular formula is C6H16O3. The summed E-state index contributed by atoms with van der Waals surface area (Å²) in [4.78, 5) is 0. The molecule has 9 heavy (non-hydrogen) atoms. The minimum absolute atomic E-state index is 0.125. The molecule has 0 fully saturated rings. The zero-order valence-corrected chi connectivity index (χ0v) is 6.26. The molecule has 0 atom stereocenters. The molecule has 0 bridgehead atoms. The van der Waals surface area contributed by atoms with Crippen LogP contribution in [-0.2, 0) is 0 Å². The van der Waals surface area contributed by atoms with Crippen LogP contribution in [0, 0.1) is 0 Å². The van der Waals surface area contributed by atoms with E-state index in [2.05, 4.69) is 0 Å². The lowest BCUT2D eigenvalue weighted by Crippen LogP contribution is -2.10. The third kappa shape index (κ3) is 352. The fourth-order valence-corrected chi connectivity index (χ4v) is 0. The second kappa shape index (κ2) is 6.01. The van der Waals surface area contributed by atoms with Gasteiger partial charge in [-0.15, -0.1) is 0 Å². The van der Waals surface area contributed by atoms with E-state index in [-0.39, 0.29) is 13.2 Å². The van der Waals surface area contributed by atoms with Crippen LogP contribution in [0.25, 0.3) is 0 Å². The van der Waals surface area contributed by atoms with Crippen molar-refractivity contribution in [2.24, 2.45) is 0 Å². The lowest BCUT2D eigenvalue weighted by Gasteiger charge is -2.04. The highest BCUT2D eigenvalue weighted by Gasteiger charge is 1.97. The van der Waals surface area contributed by atoms with Gasteiger partial charge in [-0.05, 0) is 20.8 Å². The Labute approximate surface area is 56.0 Å². The summed E-state index contributed by atoms with van der Waals surface area (Å²) in [6, 6.07) is 0. The Morgan fingerprint density at radius 3 is 1.11 bits per heavy atom. The molecule has 0 amide bonds. The van der Waals surface area contributed by atoms with Gasteiger partial charge in [-0.25, -0.2) is 0 Å². The van der Waals surface area contributed by atoms with Crippen molar-refractivity contribution in [3.8, 4) is 0 Å². The van der Waals surface area contributed by atoms with E-state index in [1.54, 1.807) is 20.8 Å². The van der Waals surface area contributed by atoms with E-state index in [1.165, 1.54) is 0 Å². The molecule has 0 saturated carbocycles. The summed E-state index contributed by atoms with van der Waals surface area (Å²) in [5, 5.41) is 23.8. The summed E-state index contributed by atoms with van der Waals surface area (Å²) < 4.78 is 0. The number of rotatable bonds is 1. The van der Waals surface area contributed by atoms with Crippen molar-refractivity contribution < 1.29 is 15.3 Å². The summed E-state index contributed by atoms with van der Waals surface area (Å²) in [6.07, 6.45) is 0. The Morgan fingerprint density at radius 2 is 1.11 bits per heavy atom. The van der Waals surface area contributed by atoms with Gasteiger partial charge in [0, 0.05) is 0 Å². The first kappa shape index (κ1) is 11.6. The van der Waals surface area contributed by atoms with Gasteiger partial charge in [0.05, 0.1) is 18.8 Å². The molecule has 3 heteroatoms. The Morgan fingerprint density at radius 1 is 1.00 bits per heavy atom. The monoisotopic (exact) mass is 136 g/mol. The zero-order valence-electron chi connectivity index (χ0n) is 6.26. The van der Waals surface area contributed by atoms with Crippen LogP contribution >= 0.6 is 0 Å². The highest BCUT2D eigenvalue weighted by molar-refractivity contribution is 4.50. The number of aliphatic hydroxyl groups excluding tert-OH is 2. The minimum atomic E-state index is -0.500. The molecule has 0 spiro atoms. The van der Waals surface area contributed by atoms with Crippen molar-refractivity contribution in [2.75, 3.05) is 13.2 Å². The van der Waals surface area contributed by atoms with E-state index in [4.69, 9.17) is 15.3 Å². The molecule has 0 radical (unpaired) electrons. The number of aliphatic hydroxyl groups is 3. The van der Waals surface area contributed by atoms with Gasteiger partial charge in [0.1, 0.15) is 0 Å². The van der Waals surface area contributed by atoms with Gasteiger partial charge in [0.2, 0.25) is 0 Å². The van der Waals surface area contributed by atoms with E-state index in [0.717, 1.165) is 0 Å². The molecule has 0 aliphatic carbocycles. The average Bonchev–Trinajstić information content (AvgIpc) is 1.61. The van der Waals surface area contributed by atoms with Crippen molar-refractivity contribution in [3.63, 3.8) is 0 Å². The first-order valence-corrected chi connectivity index (χ1v) is 2.86. The third-order valence-corrected chi connectivity index (χ3v) is 0.1000. The number of hydrogen-bond donors (Lipinski definition) is 3. The van der Waals surface area contributed by atoms with Gasteiger partial charge in [-0.3, -0.25) is 0 Å². The fourth-order valence-electron chi connectivity index (χ4n) is 0. The van der Waals surface area contributed by atoms with Crippen molar-refractivity contribution in [1.82, 2.24) is 0 Å². The van der Waals surface area contributed by atoms with Crippen LogP contribution in [0.2, 0.25) is 0 Å². The van der Waals surface area contributed by atoms with Crippen LogP contribution in [-0.4, -0.2) is 34.1 Å². The smallest absolute Gasteiger partial charge is 0.0662 e. The predicted molar refractivity (Wildman–Crippen MR) is 36.1 cm³/mol. The summed E-state index contributed by atoms with van der Waals surface area (Å²) in [6.45, 7) is 4.98. The maximum atomic E-state index is 8.52. The molecule has 0 aromatic rings. The zero-order chi connectivity index (χ0) is 7.91. The summed E-state index contributed by atoms with van der Waals surface area (Å²) >= 11 is 0. The molecule has 3 nitrogen and oxygen atoms in total. The lowest BCUT2D eigenvalue weighted by molar-refractivity contribution is 0.102. The normalized spacial score (nSPS) is 10.0. The minimum Gasteiger partial charge on any atom is -0.394 e. The van der Waals surface area contributed by atoms with Crippen LogP contribution < -0.4 is 0 Å².